The molecule has 3 nitrogen and oxygen atoms in total. The lowest BCUT2D eigenvalue weighted by Crippen LogP contribution is -2.39. The first-order chi connectivity index (χ1) is 8.24. The molecule has 1 heterocycles. The Bertz CT molecular complexity index is 287. The van der Waals surface area contributed by atoms with Gasteiger partial charge in [-0.15, -0.1) is 0 Å². The summed E-state index contributed by atoms with van der Waals surface area (Å²) in [7, 11) is 2.18. The molecule has 1 aromatic heterocycles. The number of hydrogen-bond acceptors (Lipinski definition) is 3. The van der Waals surface area contributed by atoms with Gasteiger partial charge in [-0.2, -0.15) is 0 Å². The maximum Gasteiger partial charge on any atom is 0.0416 e. The molecule has 0 spiro atoms. The zero-order chi connectivity index (χ0) is 12.5. The van der Waals surface area contributed by atoms with Gasteiger partial charge in [0.15, 0.2) is 0 Å². The van der Waals surface area contributed by atoms with E-state index in [1.165, 1.54) is 12.1 Å². The average Bonchev–Trinajstić information content (AvgIpc) is 2.37. The van der Waals surface area contributed by atoms with Crippen LogP contribution in [0.15, 0.2) is 24.4 Å². The molecule has 0 aliphatic carbocycles. The van der Waals surface area contributed by atoms with Crippen LogP contribution in [-0.2, 0) is 6.42 Å². The topological polar surface area (TPSA) is 28.2 Å². The molecule has 0 saturated carbocycles. The third-order valence-corrected chi connectivity index (χ3v) is 3.07. The minimum absolute atomic E-state index is 0.574. The summed E-state index contributed by atoms with van der Waals surface area (Å²) in [4.78, 5) is 6.73. The van der Waals surface area contributed by atoms with Gasteiger partial charge in [-0.3, -0.25) is 4.98 Å². The Hall–Kier alpha value is -0.930. The average molecular weight is 235 g/mol. The Labute approximate surface area is 105 Å². The van der Waals surface area contributed by atoms with Gasteiger partial charge < -0.3 is 10.2 Å². The quantitative estimate of drug-likeness (QED) is 0.698. The van der Waals surface area contributed by atoms with Crippen molar-refractivity contribution in [2.24, 2.45) is 0 Å². The fraction of sp³-hybridized carbons (Fsp3) is 0.643. The van der Waals surface area contributed by atoms with Crippen LogP contribution in [0, 0.1) is 0 Å². The van der Waals surface area contributed by atoms with Crippen molar-refractivity contribution in [3.05, 3.63) is 30.1 Å². The summed E-state index contributed by atoms with van der Waals surface area (Å²) in [5.74, 6) is 0. The lowest BCUT2D eigenvalue weighted by molar-refractivity contribution is 0.253. The fourth-order valence-corrected chi connectivity index (χ4v) is 1.70. The summed E-state index contributed by atoms with van der Waals surface area (Å²) in [6.45, 7) is 7.69. The van der Waals surface area contributed by atoms with Gasteiger partial charge >= 0.3 is 0 Å². The van der Waals surface area contributed by atoms with Crippen molar-refractivity contribution in [2.75, 3.05) is 26.7 Å². The Morgan fingerprint density at radius 2 is 2.24 bits per heavy atom. The van der Waals surface area contributed by atoms with E-state index in [1.807, 2.05) is 12.3 Å². The minimum Gasteiger partial charge on any atom is -0.315 e. The smallest absolute Gasteiger partial charge is 0.0416 e. The van der Waals surface area contributed by atoms with Gasteiger partial charge in [0.05, 0.1) is 0 Å². The van der Waals surface area contributed by atoms with Crippen molar-refractivity contribution in [2.45, 2.75) is 32.7 Å². The number of nitrogens with zero attached hydrogens (tertiary/aromatic N) is 2. The van der Waals surface area contributed by atoms with E-state index in [9.17, 15) is 0 Å². The number of nitrogens with one attached hydrogen (secondary N) is 1. The highest BCUT2D eigenvalue weighted by atomic mass is 15.1. The van der Waals surface area contributed by atoms with E-state index >= 15 is 0 Å². The first-order valence-electron chi connectivity index (χ1n) is 6.55. The maximum atomic E-state index is 4.34. The monoisotopic (exact) mass is 235 g/mol. The van der Waals surface area contributed by atoms with Gasteiger partial charge in [-0.25, -0.2) is 0 Å². The standard InChI is InChI=1S/C14H25N3/c1-4-9-15-12-13(2)17(3)11-8-14-7-5-6-10-16-14/h5-7,10,13,15H,4,8-9,11-12H2,1-3H3. The molecule has 96 valence electrons. The summed E-state index contributed by atoms with van der Waals surface area (Å²) < 4.78 is 0. The van der Waals surface area contributed by atoms with Gasteiger partial charge in [0.1, 0.15) is 0 Å². The molecule has 0 radical (unpaired) electrons. The summed E-state index contributed by atoms with van der Waals surface area (Å²) in [6, 6.07) is 6.68. The molecule has 0 saturated heterocycles. The second-order valence-electron chi connectivity index (χ2n) is 4.60. The largest absolute Gasteiger partial charge is 0.315 e. The third kappa shape index (κ3) is 5.80. The van der Waals surface area contributed by atoms with E-state index in [-0.39, 0.29) is 0 Å². The van der Waals surface area contributed by atoms with Crippen LogP contribution >= 0.6 is 0 Å². The Morgan fingerprint density at radius 3 is 2.88 bits per heavy atom. The van der Waals surface area contributed by atoms with Crippen LogP contribution in [0.3, 0.4) is 0 Å². The third-order valence-electron chi connectivity index (χ3n) is 3.07. The molecule has 1 unspecified atom stereocenters. The van der Waals surface area contributed by atoms with Crippen molar-refractivity contribution in [3.63, 3.8) is 0 Å². The first-order valence-corrected chi connectivity index (χ1v) is 6.55. The molecule has 0 aromatic carbocycles. The van der Waals surface area contributed by atoms with Crippen LogP contribution in [0.1, 0.15) is 26.0 Å². The Kier molecular flexibility index (Phi) is 6.82. The van der Waals surface area contributed by atoms with Crippen LogP contribution in [0.2, 0.25) is 0 Å². The highest BCUT2D eigenvalue weighted by molar-refractivity contribution is 5.03. The summed E-state index contributed by atoms with van der Waals surface area (Å²) in [6.07, 6.45) is 4.08. The molecule has 0 aliphatic rings. The molecular formula is C14H25N3. The van der Waals surface area contributed by atoms with Crippen LogP contribution in [0.5, 0.6) is 0 Å². The molecular weight excluding hydrogens is 210 g/mol. The molecule has 0 aliphatic heterocycles. The van der Waals surface area contributed by atoms with Crippen molar-refractivity contribution in [1.29, 1.82) is 0 Å². The van der Waals surface area contributed by atoms with Crippen LogP contribution in [-0.4, -0.2) is 42.6 Å². The number of rotatable bonds is 8. The van der Waals surface area contributed by atoms with E-state index < -0.39 is 0 Å². The van der Waals surface area contributed by atoms with Gasteiger partial charge in [0.25, 0.3) is 0 Å². The van der Waals surface area contributed by atoms with E-state index in [2.05, 4.69) is 48.2 Å². The highest BCUT2D eigenvalue weighted by Gasteiger charge is 2.08. The lowest BCUT2D eigenvalue weighted by atomic mass is 10.2. The lowest BCUT2D eigenvalue weighted by Gasteiger charge is -2.24. The summed E-state index contributed by atoms with van der Waals surface area (Å²) >= 11 is 0. The van der Waals surface area contributed by atoms with Crippen molar-refractivity contribution in [3.8, 4) is 0 Å². The normalized spacial score (nSPS) is 12.9. The van der Waals surface area contributed by atoms with Crippen LogP contribution in [0.4, 0.5) is 0 Å². The molecule has 17 heavy (non-hydrogen) atoms. The molecule has 1 aromatic rings. The Morgan fingerprint density at radius 1 is 1.41 bits per heavy atom. The SMILES string of the molecule is CCCNCC(C)N(C)CCc1ccccn1. The van der Waals surface area contributed by atoms with Gasteiger partial charge in [0, 0.05) is 37.4 Å². The molecule has 0 amide bonds. The predicted molar refractivity (Wildman–Crippen MR) is 73.2 cm³/mol. The van der Waals surface area contributed by atoms with Gasteiger partial charge in [-0.05, 0) is 39.1 Å². The van der Waals surface area contributed by atoms with E-state index in [4.69, 9.17) is 0 Å². The summed E-state index contributed by atoms with van der Waals surface area (Å²) in [5, 5.41) is 3.46. The minimum atomic E-state index is 0.574. The van der Waals surface area contributed by atoms with E-state index in [0.717, 1.165) is 26.1 Å². The first kappa shape index (κ1) is 14.1. The zero-order valence-corrected chi connectivity index (χ0v) is 11.3. The highest BCUT2D eigenvalue weighted by Crippen LogP contribution is 1.99. The molecule has 1 atom stereocenters. The molecule has 0 fully saturated rings. The Balaban J connectivity index is 2.22. The number of pyridine rings is 1. The van der Waals surface area contributed by atoms with Crippen molar-refractivity contribution >= 4 is 0 Å². The maximum absolute atomic E-state index is 4.34. The molecule has 1 N–H and O–H groups in total. The van der Waals surface area contributed by atoms with E-state index in [0.29, 0.717) is 6.04 Å². The fourth-order valence-electron chi connectivity index (χ4n) is 1.70. The van der Waals surface area contributed by atoms with Gasteiger partial charge in [-0.1, -0.05) is 13.0 Å². The van der Waals surface area contributed by atoms with Crippen LogP contribution in [0.25, 0.3) is 0 Å². The number of likely N-dealkylation sites (N-methyl/N-ethyl adjacent to an activating group) is 1. The van der Waals surface area contributed by atoms with E-state index in [1.54, 1.807) is 0 Å². The van der Waals surface area contributed by atoms with Crippen molar-refractivity contribution < 1.29 is 0 Å². The van der Waals surface area contributed by atoms with Crippen molar-refractivity contribution in [1.82, 2.24) is 15.2 Å². The molecule has 1 rings (SSSR count). The van der Waals surface area contributed by atoms with Crippen LogP contribution < -0.4 is 5.32 Å². The number of aromatic nitrogens is 1. The second kappa shape index (κ2) is 8.20. The molecule has 0 bridgehead atoms. The second-order valence-corrected chi connectivity index (χ2v) is 4.60. The number of hydrogen-bond donors (Lipinski definition) is 1. The predicted octanol–water partition coefficient (Wildman–Crippen LogP) is 1.94. The zero-order valence-electron chi connectivity index (χ0n) is 11.3. The molecule has 3 heteroatoms. The summed E-state index contributed by atoms with van der Waals surface area (Å²) in [5.41, 5.74) is 1.17. The van der Waals surface area contributed by atoms with Gasteiger partial charge in [0.2, 0.25) is 0 Å².